The van der Waals surface area contributed by atoms with Crippen molar-refractivity contribution in [2.45, 2.75) is 0 Å². The Morgan fingerprint density at radius 1 is 1.50 bits per heavy atom. The van der Waals surface area contributed by atoms with Gasteiger partial charge in [-0.1, -0.05) is 28.1 Å². The summed E-state index contributed by atoms with van der Waals surface area (Å²) in [7, 11) is 0. The molecule has 0 heterocycles. The van der Waals surface area contributed by atoms with Gasteiger partial charge in [0.15, 0.2) is 11.1 Å². The molecular weight excluding hydrogens is 240 g/mol. The van der Waals surface area contributed by atoms with E-state index in [-0.39, 0.29) is 0 Å². The fraction of sp³-hybridized carbons (Fsp3) is 0. The summed E-state index contributed by atoms with van der Waals surface area (Å²) >= 11 is 1.43. The molecule has 1 aromatic rings. The molecule has 1 unspecified atom stereocenters. The van der Waals surface area contributed by atoms with Crippen LogP contribution in [0, 0.1) is 0 Å². The fourth-order valence-electron chi connectivity index (χ4n) is 0.747. The number of hydrogen-bond donors (Lipinski definition) is 1. The molecule has 0 aromatic heterocycles. The standard InChI is InChI=1S/C8H7BrO2S/c9-8-3-1-2-7(6-8)4-5-12(10)11/h1-6H,(H,10,11)/b5-4+. The van der Waals surface area contributed by atoms with E-state index >= 15 is 0 Å². The van der Waals surface area contributed by atoms with Gasteiger partial charge in [0, 0.05) is 9.88 Å². The van der Waals surface area contributed by atoms with Gasteiger partial charge in [0.05, 0.1) is 0 Å². The molecule has 12 heavy (non-hydrogen) atoms. The molecule has 0 bridgehead atoms. The summed E-state index contributed by atoms with van der Waals surface area (Å²) in [4.78, 5) is 0. The second-order valence-corrected chi connectivity index (χ2v) is 3.87. The molecule has 0 aliphatic heterocycles. The van der Waals surface area contributed by atoms with E-state index in [1.165, 1.54) is 5.41 Å². The van der Waals surface area contributed by atoms with Crippen LogP contribution >= 0.6 is 15.9 Å². The monoisotopic (exact) mass is 246 g/mol. The Morgan fingerprint density at radius 2 is 2.25 bits per heavy atom. The quantitative estimate of drug-likeness (QED) is 0.815. The highest BCUT2D eigenvalue weighted by atomic mass is 79.9. The lowest BCUT2D eigenvalue weighted by Crippen LogP contribution is -1.77. The topological polar surface area (TPSA) is 37.3 Å². The second-order valence-electron chi connectivity index (χ2n) is 2.13. The van der Waals surface area contributed by atoms with Crippen LogP contribution < -0.4 is 0 Å². The molecule has 64 valence electrons. The van der Waals surface area contributed by atoms with Crippen molar-refractivity contribution >= 4 is 33.1 Å². The van der Waals surface area contributed by atoms with Crippen LogP contribution in [0.4, 0.5) is 0 Å². The molecule has 1 rings (SSSR count). The van der Waals surface area contributed by atoms with E-state index in [0.717, 1.165) is 10.0 Å². The SMILES string of the molecule is O=S(O)/C=C/c1cccc(Br)c1. The average molecular weight is 247 g/mol. The molecule has 1 aromatic carbocycles. The minimum atomic E-state index is -1.87. The van der Waals surface area contributed by atoms with Crippen LogP contribution in [0.3, 0.4) is 0 Å². The summed E-state index contributed by atoms with van der Waals surface area (Å²) in [5.74, 6) is 0. The summed E-state index contributed by atoms with van der Waals surface area (Å²) in [6.07, 6.45) is 1.60. The first-order valence-corrected chi connectivity index (χ1v) is 5.18. The van der Waals surface area contributed by atoms with E-state index in [4.69, 9.17) is 4.55 Å². The van der Waals surface area contributed by atoms with Gasteiger partial charge < -0.3 is 4.55 Å². The Balaban J connectivity index is 2.83. The van der Waals surface area contributed by atoms with Gasteiger partial charge in [-0.05, 0) is 23.8 Å². The third-order valence-corrected chi connectivity index (χ3v) is 2.09. The molecule has 0 spiro atoms. The lowest BCUT2D eigenvalue weighted by molar-refractivity contribution is 0.574. The zero-order valence-electron chi connectivity index (χ0n) is 6.11. The highest BCUT2D eigenvalue weighted by molar-refractivity contribution is 9.10. The van der Waals surface area contributed by atoms with E-state index < -0.39 is 11.1 Å². The van der Waals surface area contributed by atoms with Crippen molar-refractivity contribution in [1.82, 2.24) is 0 Å². The van der Waals surface area contributed by atoms with Crippen LogP contribution in [0.1, 0.15) is 5.56 Å². The zero-order chi connectivity index (χ0) is 8.97. The third kappa shape index (κ3) is 3.30. The van der Waals surface area contributed by atoms with E-state index in [2.05, 4.69) is 15.9 Å². The molecular formula is C8H7BrO2S. The predicted molar refractivity (Wildman–Crippen MR) is 53.9 cm³/mol. The Hall–Kier alpha value is -0.450. The van der Waals surface area contributed by atoms with Crippen molar-refractivity contribution in [3.8, 4) is 0 Å². The molecule has 0 fully saturated rings. The Kier molecular flexibility index (Phi) is 3.65. The van der Waals surface area contributed by atoms with Crippen molar-refractivity contribution in [3.05, 3.63) is 39.7 Å². The number of rotatable bonds is 2. The minimum absolute atomic E-state index is 0.895. The zero-order valence-corrected chi connectivity index (χ0v) is 8.51. The van der Waals surface area contributed by atoms with E-state index in [9.17, 15) is 4.21 Å². The summed E-state index contributed by atoms with van der Waals surface area (Å²) in [6.45, 7) is 0. The molecule has 1 atom stereocenters. The highest BCUT2D eigenvalue weighted by Crippen LogP contribution is 2.12. The molecule has 0 radical (unpaired) electrons. The first-order valence-electron chi connectivity index (χ1n) is 3.22. The molecule has 4 heteroatoms. The maximum atomic E-state index is 10.3. The van der Waals surface area contributed by atoms with Gasteiger partial charge in [-0.25, -0.2) is 4.21 Å². The lowest BCUT2D eigenvalue weighted by Gasteiger charge is -1.92. The van der Waals surface area contributed by atoms with Crippen molar-refractivity contribution in [3.63, 3.8) is 0 Å². The van der Waals surface area contributed by atoms with E-state index in [1.54, 1.807) is 6.08 Å². The minimum Gasteiger partial charge on any atom is -0.303 e. The van der Waals surface area contributed by atoms with Crippen LogP contribution in [-0.4, -0.2) is 8.76 Å². The number of hydrogen-bond acceptors (Lipinski definition) is 1. The smallest absolute Gasteiger partial charge is 0.178 e. The van der Waals surface area contributed by atoms with Crippen molar-refractivity contribution in [1.29, 1.82) is 0 Å². The van der Waals surface area contributed by atoms with Gasteiger partial charge in [-0.3, -0.25) is 0 Å². The lowest BCUT2D eigenvalue weighted by atomic mass is 10.2. The molecule has 0 amide bonds. The third-order valence-electron chi connectivity index (χ3n) is 1.23. The van der Waals surface area contributed by atoms with Crippen molar-refractivity contribution in [2.24, 2.45) is 0 Å². The van der Waals surface area contributed by atoms with Gasteiger partial charge in [0.2, 0.25) is 0 Å². The molecule has 1 N–H and O–H groups in total. The maximum absolute atomic E-state index is 10.3. The average Bonchev–Trinajstić information content (AvgIpc) is 2.01. The Labute approximate surface area is 81.7 Å². The van der Waals surface area contributed by atoms with Crippen LogP contribution in [0.2, 0.25) is 0 Å². The Morgan fingerprint density at radius 3 is 2.83 bits per heavy atom. The molecule has 2 nitrogen and oxygen atoms in total. The van der Waals surface area contributed by atoms with Gasteiger partial charge >= 0.3 is 0 Å². The number of halogens is 1. The molecule has 0 saturated heterocycles. The fourth-order valence-corrected chi connectivity index (χ4v) is 1.44. The molecule has 0 saturated carbocycles. The predicted octanol–water partition coefficient (Wildman–Crippen LogP) is 2.64. The summed E-state index contributed by atoms with van der Waals surface area (Å²) < 4.78 is 19.7. The van der Waals surface area contributed by atoms with Crippen LogP contribution in [-0.2, 0) is 11.1 Å². The van der Waals surface area contributed by atoms with Gasteiger partial charge in [-0.15, -0.1) is 0 Å². The van der Waals surface area contributed by atoms with Crippen molar-refractivity contribution in [2.75, 3.05) is 0 Å². The van der Waals surface area contributed by atoms with Crippen LogP contribution in [0.15, 0.2) is 34.1 Å². The molecule has 0 aliphatic rings. The van der Waals surface area contributed by atoms with E-state index in [1.807, 2.05) is 24.3 Å². The van der Waals surface area contributed by atoms with Crippen molar-refractivity contribution < 1.29 is 8.76 Å². The normalized spacial score (nSPS) is 13.5. The summed E-state index contributed by atoms with van der Waals surface area (Å²) in [5.41, 5.74) is 0.895. The Bertz CT molecular complexity index is 323. The van der Waals surface area contributed by atoms with Gasteiger partial charge in [-0.2, -0.15) is 0 Å². The van der Waals surface area contributed by atoms with Gasteiger partial charge in [0.1, 0.15) is 0 Å². The van der Waals surface area contributed by atoms with Crippen LogP contribution in [0.5, 0.6) is 0 Å². The summed E-state index contributed by atoms with van der Waals surface area (Å²) in [6, 6.07) is 7.48. The first kappa shape index (κ1) is 9.64. The van der Waals surface area contributed by atoms with Crippen LogP contribution in [0.25, 0.3) is 6.08 Å². The first-order chi connectivity index (χ1) is 5.68. The maximum Gasteiger partial charge on any atom is 0.178 e. The number of benzene rings is 1. The van der Waals surface area contributed by atoms with E-state index in [0.29, 0.717) is 0 Å². The second kappa shape index (κ2) is 4.54. The highest BCUT2D eigenvalue weighted by Gasteiger charge is 1.88. The summed E-state index contributed by atoms with van der Waals surface area (Å²) in [5, 5.41) is 1.22. The molecule has 0 aliphatic carbocycles. The van der Waals surface area contributed by atoms with Gasteiger partial charge in [0.25, 0.3) is 0 Å². The largest absolute Gasteiger partial charge is 0.303 e.